The molecule has 6 heteroatoms. The molecule has 1 heterocycles. The van der Waals surface area contributed by atoms with E-state index in [-0.39, 0.29) is 6.61 Å². The first kappa shape index (κ1) is 21.6. The van der Waals surface area contributed by atoms with Gasteiger partial charge in [-0.1, -0.05) is 47.6 Å². The summed E-state index contributed by atoms with van der Waals surface area (Å²) in [4.78, 5) is 20.8. The van der Waals surface area contributed by atoms with Crippen molar-refractivity contribution in [2.45, 2.75) is 31.6 Å². The zero-order valence-electron chi connectivity index (χ0n) is 17.8. The molecule has 0 spiro atoms. The molecule has 1 aliphatic rings. The summed E-state index contributed by atoms with van der Waals surface area (Å²) in [5.41, 5.74) is 5.07. The number of ether oxygens (including phenoxy) is 1. The lowest BCUT2D eigenvalue weighted by atomic mass is 9.81. The monoisotopic (exact) mass is 430 g/mol. The smallest absolute Gasteiger partial charge is 0.341 e. The number of benzene rings is 2. The summed E-state index contributed by atoms with van der Waals surface area (Å²) in [5, 5.41) is 13.4. The summed E-state index contributed by atoms with van der Waals surface area (Å²) < 4.78 is 5.51. The van der Waals surface area contributed by atoms with Crippen LogP contribution in [0.2, 0.25) is 0 Å². The van der Waals surface area contributed by atoms with Gasteiger partial charge < -0.3 is 14.7 Å². The number of pyridine rings is 1. The predicted molar refractivity (Wildman–Crippen MR) is 122 cm³/mol. The molecular weight excluding hydrogens is 404 g/mol. The van der Waals surface area contributed by atoms with E-state index in [1.165, 1.54) is 5.56 Å². The van der Waals surface area contributed by atoms with Crippen LogP contribution in [0.4, 0.5) is 0 Å². The molecule has 0 saturated heterocycles. The van der Waals surface area contributed by atoms with E-state index in [4.69, 9.17) is 14.7 Å². The number of nitrogens with zero attached hydrogens (tertiary/aromatic N) is 2. The highest BCUT2D eigenvalue weighted by Crippen LogP contribution is 2.38. The van der Waals surface area contributed by atoms with Crippen molar-refractivity contribution < 1.29 is 19.5 Å². The minimum absolute atomic E-state index is 0.323. The van der Waals surface area contributed by atoms with E-state index >= 15 is 0 Å². The maximum absolute atomic E-state index is 10.9. The van der Waals surface area contributed by atoms with E-state index in [9.17, 15) is 4.79 Å². The van der Waals surface area contributed by atoms with E-state index in [0.717, 1.165) is 48.1 Å². The van der Waals surface area contributed by atoms with Gasteiger partial charge in [-0.05, 0) is 60.9 Å². The van der Waals surface area contributed by atoms with Crippen LogP contribution in [-0.2, 0) is 16.1 Å². The van der Waals surface area contributed by atoms with E-state index in [1.54, 1.807) is 12.4 Å². The van der Waals surface area contributed by atoms with Crippen molar-refractivity contribution in [3.8, 4) is 5.75 Å². The second kappa shape index (κ2) is 10.6. The van der Waals surface area contributed by atoms with Gasteiger partial charge in [-0.15, -0.1) is 0 Å². The molecule has 4 rings (SSSR count). The molecule has 32 heavy (non-hydrogen) atoms. The number of hydrogen-bond acceptors (Lipinski definition) is 5. The molecule has 2 aromatic carbocycles. The highest BCUT2D eigenvalue weighted by molar-refractivity contribution is 6.12. The molecular formula is C26H26N2O4. The fraction of sp³-hybridized carbons (Fsp3) is 0.269. The summed E-state index contributed by atoms with van der Waals surface area (Å²) in [6.07, 6.45) is 7.34. The van der Waals surface area contributed by atoms with Crippen LogP contribution >= 0.6 is 0 Å². The molecule has 0 aliphatic heterocycles. The number of fused-ring (bicyclic) bond motifs is 1. The van der Waals surface area contributed by atoms with Gasteiger partial charge in [-0.2, -0.15) is 0 Å². The zero-order valence-corrected chi connectivity index (χ0v) is 17.8. The summed E-state index contributed by atoms with van der Waals surface area (Å²) in [6.45, 7) is 0.169. The van der Waals surface area contributed by atoms with E-state index in [2.05, 4.69) is 16.2 Å². The Kier molecular flexibility index (Phi) is 7.12. The van der Waals surface area contributed by atoms with Crippen molar-refractivity contribution in [1.82, 2.24) is 4.98 Å². The molecule has 1 unspecified atom stereocenters. The van der Waals surface area contributed by atoms with Crippen molar-refractivity contribution in [1.29, 1.82) is 0 Å². The molecule has 164 valence electrons. The second-order valence-electron chi connectivity index (χ2n) is 7.76. The normalized spacial score (nSPS) is 15.6. The second-order valence-corrected chi connectivity index (χ2v) is 7.76. The number of hydrogen-bond donors (Lipinski definition) is 1. The fourth-order valence-corrected chi connectivity index (χ4v) is 4.17. The Morgan fingerprint density at radius 3 is 2.59 bits per heavy atom. The quantitative estimate of drug-likeness (QED) is 0.299. The van der Waals surface area contributed by atoms with Gasteiger partial charge in [0.2, 0.25) is 0 Å². The number of aliphatic carboxylic acids is 1. The molecule has 0 fully saturated rings. The van der Waals surface area contributed by atoms with Crippen LogP contribution < -0.4 is 4.74 Å². The largest absolute Gasteiger partial charge is 0.482 e. The zero-order chi connectivity index (χ0) is 22.2. The molecule has 1 atom stereocenters. The van der Waals surface area contributed by atoms with Crippen molar-refractivity contribution in [3.63, 3.8) is 0 Å². The molecule has 1 N–H and O–H groups in total. The molecule has 3 aromatic rings. The van der Waals surface area contributed by atoms with E-state index < -0.39 is 5.97 Å². The van der Waals surface area contributed by atoms with Gasteiger partial charge in [0.25, 0.3) is 0 Å². The lowest BCUT2D eigenvalue weighted by Gasteiger charge is -2.26. The van der Waals surface area contributed by atoms with Crippen LogP contribution in [0.1, 0.15) is 47.4 Å². The Bertz CT molecular complexity index is 1030. The Balaban J connectivity index is 1.45. The number of carboxylic acids is 1. The fourth-order valence-electron chi connectivity index (χ4n) is 4.17. The van der Waals surface area contributed by atoms with Gasteiger partial charge in [0.15, 0.2) is 6.61 Å². The predicted octanol–water partition coefficient (Wildman–Crippen LogP) is 4.82. The van der Waals surface area contributed by atoms with Gasteiger partial charge in [0.05, 0.1) is 0 Å². The van der Waals surface area contributed by atoms with Crippen molar-refractivity contribution in [2.75, 3.05) is 13.2 Å². The van der Waals surface area contributed by atoms with Gasteiger partial charge in [0, 0.05) is 23.5 Å². The van der Waals surface area contributed by atoms with Crippen molar-refractivity contribution in [2.24, 2.45) is 5.16 Å². The third-order valence-electron chi connectivity index (χ3n) is 5.65. The SMILES string of the molecule is O=C(O)COc1cccc2c1CCCC2CCO/N=C(/c1ccccc1)c1ccncc1. The average molecular weight is 431 g/mol. The van der Waals surface area contributed by atoms with Crippen LogP contribution in [0.25, 0.3) is 0 Å². The third kappa shape index (κ3) is 5.32. The van der Waals surface area contributed by atoms with Crippen molar-refractivity contribution in [3.05, 3.63) is 95.3 Å². The third-order valence-corrected chi connectivity index (χ3v) is 5.65. The molecule has 1 aromatic heterocycles. The van der Waals surface area contributed by atoms with E-state index in [1.807, 2.05) is 54.6 Å². The number of carboxylic acid groups (broad SMARTS) is 1. The number of aromatic nitrogens is 1. The first-order valence-electron chi connectivity index (χ1n) is 10.8. The van der Waals surface area contributed by atoms with Gasteiger partial charge in [0.1, 0.15) is 18.1 Å². The lowest BCUT2D eigenvalue weighted by Crippen LogP contribution is -2.15. The highest BCUT2D eigenvalue weighted by atomic mass is 16.6. The maximum atomic E-state index is 10.9. The Morgan fingerprint density at radius 1 is 1.03 bits per heavy atom. The first-order chi connectivity index (χ1) is 15.7. The maximum Gasteiger partial charge on any atom is 0.341 e. The highest BCUT2D eigenvalue weighted by Gasteiger charge is 2.23. The average Bonchev–Trinajstić information content (AvgIpc) is 2.84. The molecule has 0 saturated carbocycles. The Morgan fingerprint density at radius 2 is 1.81 bits per heavy atom. The van der Waals surface area contributed by atoms with Crippen LogP contribution in [0, 0.1) is 0 Å². The lowest BCUT2D eigenvalue weighted by molar-refractivity contribution is -0.139. The Hall–Kier alpha value is -3.67. The van der Waals surface area contributed by atoms with Crippen LogP contribution in [0.5, 0.6) is 5.75 Å². The van der Waals surface area contributed by atoms with Gasteiger partial charge >= 0.3 is 5.97 Å². The molecule has 6 nitrogen and oxygen atoms in total. The van der Waals surface area contributed by atoms with Crippen LogP contribution in [0.15, 0.2) is 78.2 Å². The minimum Gasteiger partial charge on any atom is -0.482 e. The van der Waals surface area contributed by atoms with Gasteiger partial charge in [-0.3, -0.25) is 4.98 Å². The Labute approximate surface area is 187 Å². The van der Waals surface area contributed by atoms with Crippen LogP contribution in [0.3, 0.4) is 0 Å². The van der Waals surface area contributed by atoms with Crippen LogP contribution in [-0.4, -0.2) is 35.0 Å². The van der Waals surface area contributed by atoms with E-state index in [0.29, 0.717) is 18.3 Å². The molecule has 0 radical (unpaired) electrons. The summed E-state index contributed by atoms with van der Waals surface area (Å²) in [6, 6.07) is 19.7. The molecule has 0 amide bonds. The number of oxime groups is 1. The van der Waals surface area contributed by atoms with Gasteiger partial charge in [-0.25, -0.2) is 4.79 Å². The van der Waals surface area contributed by atoms with Crippen molar-refractivity contribution >= 4 is 11.7 Å². The first-order valence-corrected chi connectivity index (χ1v) is 10.8. The molecule has 1 aliphatic carbocycles. The topological polar surface area (TPSA) is 81.0 Å². The minimum atomic E-state index is -0.968. The molecule has 0 bridgehead atoms. The standard InChI is InChI=1S/C26H26N2O4/c29-25(30)18-31-24-11-5-9-22-19(8-4-10-23(22)24)14-17-32-28-26(20-6-2-1-3-7-20)21-12-15-27-16-13-21/h1-3,5-7,9,11-13,15-16,19H,4,8,10,14,17-18H2,(H,29,30)/b28-26-. The summed E-state index contributed by atoms with van der Waals surface area (Å²) in [5.74, 6) is 0.0469. The number of rotatable bonds is 9. The summed E-state index contributed by atoms with van der Waals surface area (Å²) in [7, 11) is 0. The number of carbonyl (C=O) groups is 1. The summed E-state index contributed by atoms with van der Waals surface area (Å²) >= 11 is 0.